The van der Waals surface area contributed by atoms with Crippen molar-refractivity contribution >= 4 is 16.8 Å². The molecule has 0 aliphatic rings. The maximum Gasteiger partial charge on any atom is 0.336 e. The fraction of sp³-hybridized carbons (Fsp3) is 0.286. The normalized spacial score (nSPS) is 10.6. The number of ketones is 1. The van der Waals surface area contributed by atoms with Crippen molar-refractivity contribution in [1.82, 2.24) is 0 Å². The summed E-state index contributed by atoms with van der Waals surface area (Å²) in [5.41, 5.74) is -0.200. The molecular formula is C14H14O6. The molecule has 6 nitrogen and oxygen atoms in total. The van der Waals surface area contributed by atoms with Gasteiger partial charge in [0.2, 0.25) is 0 Å². The van der Waals surface area contributed by atoms with Crippen LogP contribution in [-0.4, -0.2) is 26.8 Å². The van der Waals surface area contributed by atoms with Crippen LogP contribution in [0.25, 0.3) is 11.0 Å². The van der Waals surface area contributed by atoms with E-state index in [0.717, 1.165) is 0 Å². The van der Waals surface area contributed by atoms with Gasteiger partial charge in [-0.3, -0.25) is 4.79 Å². The summed E-state index contributed by atoms with van der Waals surface area (Å²) in [6.45, 7) is 1.31. The molecule has 0 radical (unpaired) electrons. The molecule has 0 atom stereocenters. The largest absolute Gasteiger partial charge is 0.493 e. The van der Waals surface area contributed by atoms with Crippen LogP contribution < -0.4 is 15.1 Å². The van der Waals surface area contributed by atoms with Crippen LogP contribution in [0.4, 0.5) is 0 Å². The number of carbonyl (C=O) groups is 1. The van der Waals surface area contributed by atoms with E-state index in [9.17, 15) is 9.59 Å². The number of fused-ring (bicyclic) bond motifs is 1. The molecule has 1 aromatic carbocycles. The van der Waals surface area contributed by atoms with Gasteiger partial charge in [-0.2, -0.15) is 0 Å². The van der Waals surface area contributed by atoms with E-state index in [1.165, 1.54) is 27.2 Å². The van der Waals surface area contributed by atoms with Crippen molar-refractivity contribution < 1.29 is 23.4 Å². The second-order valence-electron chi connectivity index (χ2n) is 4.06. The van der Waals surface area contributed by atoms with Crippen LogP contribution in [0.2, 0.25) is 0 Å². The van der Waals surface area contributed by atoms with Crippen molar-refractivity contribution in [2.24, 2.45) is 0 Å². The molecule has 0 spiro atoms. The Bertz CT molecular complexity index is 701. The number of hydrogen-bond donors (Lipinski definition) is 0. The Morgan fingerprint density at radius 3 is 2.65 bits per heavy atom. The Kier molecular flexibility index (Phi) is 4.05. The quantitative estimate of drug-likeness (QED) is 0.473. The van der Waals surface area contributed by atoms with Gasteiger partial charge < -0.3 is 18.6 Å². The summed E-state index contributed by atoms with van der Waals surface area (Å²) in [5.74, 6) is 0.270. The highest BCUT2D eigenvalue weighted by atomic mass is 16.7. The first-order chi connectivity index (χ1) is 9.58. The zero-order valence-electron chi connectivity index (χ0n) is 11.4. The summed E-state index contributed by atoms with van der Waals surface area (Å²) >= 11 is 0. The summed E-state index contributed by atoms with van der Waals surface area (Å²) in [6.07, 6.45) is 0. The summed E-state index contributed by atoms with van der Waals surface area (Å²) < 4.78 is 20.6. The smallest absolute Gasteiger partial charge is 0.336 e. The molecule has 6 heteroatoms. The monoisotopic (exact) mass is 278 g/mol. The average Bonchev–Trinajstić information content (AvgIpc) is 2.43. The fourth-order valence-corrected chi connectivity index (χ4v) is 1.90. The standard InChI is InChI=1S/C14H14O6/c1-8(15)12-13-9(4-5-11(16)20-13)6-10(18-3)14(12)19-7-17-2/h4-6H,7H2,1-3H3. The number of methoxy groups -OCH3 is 2. The Morgan fingerprint density at radius 2 is 2.05 bits per heavy atom. The van der Waals surface area contributed by atoms with Gasteiger partial charge >= 0.3 is 5.63 Å². The molecule has 1 heterocycles. The SMILES string of the molecule is COCOc1c(OC)cc2ccc(=O)oc2c1C(C)=O. The van der Waals surface area contributed by atoms with Crippen molar-refractivity contribution in [3.05, 3.63) is 34.2 Å². The van der Waals surface area contributed by atoms with Crippen LogP contribution in [0.15, 0.2) is 27.4 Å². The minimum absolute atomic E-state index is 0.0563. The van der Waals surface area contributed by atoms with Crippen LogP contribution >= 0.6 is 0 Å². The van der Waals surface area contributed by atoms with E-state index < -0.39 is 5.63 Å². The summed E-state index contributed by atoms with van der Waals surface area (Å²) in [5, 5.41) is 0.580. The van der Waals surface area contributed by atoms with E-state index in [1.54, 1.807) is 12.1 Å². The lowest BCUT2D eigenvalue weighted by atomic mass is 10.1. The molecule has 2 rings (SSSR count). The molecule has 0 bridgehead atoms. The molecule has 0 fully saturated rings. The van der Waals surface area contributed by atoms with E-state index in [2.05, 4.69) is 0 Å². The average molecular weight is 278 g/mol. The number of rotatable bonds is 5. The van der Waals surface area contributed by atoms with Gasteiger partial charge in [0.05, 0.1) is 7.11 Å². The van der Waals surface area contributed by atoms with Crippen LogP contribution in [0, 0.1) is 0 Å². The first-order valence-corrected chi connectivity index (χ1v) is 5.86. The van der Waals surface area contributed by atoms with Crippen LogP contribution in [0.3, 0.4) is 0 Å². The van der Waals surface area contributed by atoms with Crippen LogP contribution in [0.1, 0.15) is 17.3 Å². The summed E-state index contributed by atoms with van der Waals surface area (Å²) in [6, 6.07) is 4.48. The number of ether oxygens (including phenoxy) is 3. The highest BCUT2D eigenvalue weighted by Crippen LogP contribution is 2.37. The first-order valence-electron chi connectivity index (χ1n) is 5.86. The molecule has 2 aromatic rings. The van der Waals surface area contributed by atoms with E-state index in [4.69, 9.17) is 18.6 Å². The Morgan fingerprint density at radius 1 is 1.30 bits per heavy atom. The van der Waals surface area contributed by atoms with Crippen molar-refractivity contribution in [3.63, 3.8) is 0 Å². The predicted octanol–water partition coefficient (Wildman–Crippen LogP) is 1.99. The third kappa shape index (κ3) is 2.50. The highest BCUT2D eigenvalue weighted by Gasteiger charge is 2.21. The molecule has 20 heavy (non-hydrogen) atoms. The molecule has 0 aliphatic heterocycles. The third-order valence-electron chi connectivity index (χ3n) is 2.72. The molecule has 0 amide bonds. The van der Waals surface area contributed by atoms with Crippen molar-refractivity contribution in [3.8, 4) is 11.5 Å². The van der Waals surface area contributed by atoms with Gasteiger partial charge in [0.25, 0.3) is 0 Å². The van der Waals surface area contributed by atoms with Crippen molar-refractivity contribution in [2.45, 2.75) is 6.92 Å². The summed E-state index contributed by atoms with van der Waals surface area (Å²) in [4.78, 5) is 23.2. The molecule has 0 saturated heterocycles. The molecule has 0 saturated carbocycles. The molecule has 0 aliphatic carbocycles. The molecule has 0 unspecified atom stereocenters. The molecular weight excluding hydrogens is 264 g/mol. The van der Waals surface area contributed by atoms with Gasteiger partial charge in [-0.1, -0.05) is 0 Å². The van der Waals surface area contributed by atoms with Gasteiger partial charge in [-0.25, -0.2) is 4.79 Å². The number of carbonyl (C=O) groups excluding carboxylic acids is 1. The Balaban J connectivity index is 2.81. The zero-order valence-corrected chi connectivity index (χ0v) is 11.4. The highest BCUT2D eigenvalue weighted by molar-refractivity contribution is 6.08. The number of benzene rings is 1. The van der Waals surface area contributed by atoms with Crippen LogP contribution in [-0.2, 0) is 4.74 Å². The lowest BCUT2D eigenvalue weighted by Gasteiger charge is -2.14. The maximum atomic E-state index is 11.9. The van der Waals surface area contributed by atoms with Gasteiger partial charge in [0, 0.05) is 18.6 Å². The second-order valence-corrected chi connectivity index (χ2v) is 4.06. The van der Waals surface area contributed by atoms with Crippen molar-refractivity contribution in [2.75, 3.05) is 21.0 Å². The number of hydrogen-bond acceptors (Lipinski definition) is 6. The van der Waals surface area contributed by atoms with E-state index in [1.807, 2.05) is 0 Å². The lowest BCUT2D eigenvalue weighted by Crippen LogP contribution is -2.08. The lowest BCUT2D eigenvalue weighted by molar-refractivity contribution is 0.0484. The van der Waals surface area contributed by atoms with Crippen molar-refractivity contribution in [1.29, 1.82) is 0 Å². The molecule has 0 N–H and O–H groups in total. The van der Waals surface area contributed by atoms with Gasteiger partial charge in [-0.15, -0.1) is 0 Å². The topological polar surface area (TPSA) is 75.0 Å². The van der Waals surface area contributed by atoms with Gasteiger partial charge in [0.1, 0.15) is 5.56 Å². The van der Waals surface area contributed by atoms with Crippen LogP contribution in [0.5, 0.6) is 11.5 Å². The van der Waals surface area contributed by atoms with Gasteiger partial charge in [-0.05, 0) is 19.1 Å². The summed E-state index contributed by atoms with van der Waals surface area (Å²) in [7, 11) is 2.92. The number of Topliss-reactive ketones (excluding diaryl/α,β-unsaturated/α-hetero) is 1. The molecule has 106 valence electrons. The maximum absolute atomic E-state index is 11.9. The molecule has 1 aromatic heterocycles. The minimum atomic E-state index is -0.539. The Labute approximate surface area is 114 Å². The van der Waals surface area contributed by atoms with E-state index in [-0.39, 0.29) is 29.5 Å². The second kappa shape index (κ2) is 5.75. The zero-order chi connectivity index (χ0) is 14.7. The third-order valence-corrected chi connectivity index (χ3v) is 2.72. The fourth-order valence-electron chi connectivity index (χ4n) is 1.90. The predicted molar refractivity (Wildman–Crippen MR) is 71.5 cm³/mol. The Hall–Kier alpha value is -2.34. The van der Waals surface area contributed by atoms with Gasteiger partial charge in [0.15, 0.2) is 29.7 Å². The van der Waals surface area contributed by atoms with E-state index >= 15 is 0 Å². The first kappa shape index (κ1) is 14.1. The minimum Gasteiger partial charge on any atom is -0.493 e. The van der Waals surface area contributed by atoms with E-state index in [0.29, 0.717) is 11.1 Å².